The molecule has 4 aromatic rings. The zero-order chi connectivity index (χ0) is 48.5. The summed E-state index contributed by atoms with van der Waals surface area (Å²) in [6.07, 6.45) is 8.61. The Balaban J connectivity index is 0. The molecule has 0 unspecified atom stereocenters. The van der Waals surface area contributed by atoms with E-state index in [9.17, 15) is 9.90 Å². The van der Waals surface area contributed by atoms with Crippen molar-refractivity contribution in [2.24, 2.45) is 0 Å². The molecule has 0 radical (unpaired) electrons. The SMILES string of the molecule is CCCCCNc1nc(N)nc(CC)c1Cc1cc(C(C)(C)C(=O)O)ccc1OC.O=C=O.O=C=O.[C-]#[N+]C(C)(C)c1ccc(OC)c(Cc2c(CC)nc(N)nc2NCCCC)c1.[K+].[OH-]. The standard InChI is InChI=1S/C23H34N4O3.C22H31N5O.2CO2.K.H2O/c1-6-8-9-12-25-20-17(18(7-2)26-22(24)27-20)14-15-13-16(10-11-19(15)30-5)23(3,4)21(28)29;1-7-9-12-25-20-17(18(8-2)26-21(23)27-20)14-15-13-16(22(3,4)24-5)10-11-19(15)28-6;2*2-1-3;;/h10-11,13H,6-9,12,14H2,1-5H3,(H,28,29)(H3,24,25,26,27);10-11,13H,7-9,12,14H2,1-4,6H3,(H3,23,25,26,27);;;;1H2/q;;;;+1;/p-1. The number of rotatable bonds is 20. The van der Waals surface area contributed by atoms with Crippen LogP contribution >= 0.6 is 0 Å². The van der Waals surface area contributed by atoms with Gasteiger partial charge in [-0.3, -0.25) is 4.79 Å². The van der Waals surface area contributed by atoms with Crippen molar-refractivity contribution in [3.63, 3.8) is 0 Å². The average Bonchev–Trinajstić information content (AvgIpc) is 3.27. The van der Waals surface area contributed by atoms with E-state index in [1.165, 1.54) is 0 Å². The molecule has 0 atom stereocenters. The molecule has 19 heteroatoms. The summed E-state index contributed by atoms with van der Waals surface area (Å²) in [5, 5.41) is 16.5. The van der Waals surface area contributed by atoms with Crippen LogP contribution in [-0.2, 0) is 60.6 Å². The smallest absolute Gasteiger partial charge is 0.870 e. The third-order valence-corrected chi connectivity index (χ3v) is 10.3. The van der Waals surface area contributed by atoms with Crippen molar-refractivity contribution in [1.29, 1.82) is 0 Å². The number of methoxy groups -OCH3 is 2. The van der Waals surface area contributed by atoms with Gasteiger partial charge in [-0.15, -0.1) is 0 Å². The van der Waals surface area contributed by atoms with Crippen molar-refractivity contribution in [3.8, 4) is 11.5 Å². The van der Waals surface area contributed by atoms with Crippen molar-refractivity contribution in [3.05, 3.63) is 92.6 Å². The summed E-state index contributed by atoms with van der Waals surface area (Å²) in [6, 6.07) is 11.5. The van der Waals surface area contributed by atoms with Gasteiger partial charge in [-0.05, 0) is 80.5 Å². The number of unbranched alkanes of at least 4 members (excludes halogenated alkanes) is 3. The quantitative estimate of drug-likeness (QED) is 0.0465. The van der Waals surface area contributed by atoms with Gasteiger partial charge in [-0.1, -0.05) is 59.1 Å². The maximum atomic E-state index is 11.7. The number of carbonyl (C=O) groups is 1. The molecule has 0 saturated heterocycles. The number of aryl methyl sites for hydroxylation is 2. The Hall–Kier alpha value is -5.28. The Labute approximate surface area is 431 Å². The molecule has 18 nitrogen and oxygen atoms in total. The van der Waals surface area contributed by atoms with E-state index >= 15 is 0 Å². The number of carboxylic acid groups (broad SMARTS) is 1. The molecule has 0 fully saturated rings. The molecule has 4 rings (SSSR count). The van der Waals surface area contributed by atoms with Gasteiger partial charge in [-0.2, -0.15) is 29.1 Å². The van der Waals surface area contributed by atoms with Crippen LogP contribution in [0, 0.1) is 6.57 Å². The average molecular weight is 940 g/mol. The van der Waals surface area contributed by atoms with E-state index in [2.05, 4.69) is 62.3 Å². The molecular formula is C47H66KN9O9. The number of nitrogen functional groups attached to an aromatic ring is 2. The summed E-state index contributed by atoms with van der Waals surface area (Å²) in [7, 11) is 3.28. The predicted octanol–water partition coefficient (Wildman–Crippen LogP) is 4.43. The van der Waals surface area contributed by atoms with Gasteiger partial charge in [0.2, 0.25) is 11.9 Å². The summed E-state index contributed by atoms with van der Waals surface area (Å²) in [5.41, 5.74) is 17.7. The van der Waals surface area contributed by atoms with Gasteiger partial charge in [0.05, 0.1) is 31.0 Å². The van der Waals surface area contributed by atoms with Crippen molar-refractivity contribution in [2.45, 2.75) is 124 Å². The Morgan fingerprint density at radius 1 is 0.712 bits per heavy atom. The van der Waals surface area contributed by atoms with Crippen LogP contribution in [0.5, 0.6) is 11.5 Å². The number of nitrogens with zero attached hydrogens (tertiary/aromatic N) is 5. The van der Waals surface area contributed by atoms with E-state index in [0.29, 0.717) is 25.0 Å². The van der Waals surface area contributed by atoms with Gasteiger partial charge >= 0.3 is 69.7 Å². The first kappa shape index (κ1) is 62.8. The number of hydrogen-bond donors (Lipinski definition) is 5. The second-order valence-corrected chi connectivity index (χ2v) is 15.5. The van der Waals surface area contributed by atoms with Crippen LogP contribution in [0.1, 0.15) is 132 Å². The molecular weight excluding hydrogens is 874 g/mol. The van der Waals surface area contributed by atoms with E-state index in [4.69, 9.17) is 46.7 Å². The van der Waals surface area contributed by atoms with Crippen LogP contribution in [-0.4, -0.2) is 76.1 Å². The molecule has 8 N–H and O–H groups in total. The second-order valence-electron chi connectivity index (χ2n) is 15.5. The molecule has 354 valence electrons. The van der Waals surface area contributed by atoms with Crippen LogP contribution in [0.25, 0.3) is 4.85 Å². The fraction of sp³-hybridized carbons (Fsp3) is 0.489. The zero-order valence-corrected chi connectivity index (χ0v) is 43.5. The summed E-state index contributed by atoms with van der Waals surface area (Å²) in [6.45, 7) is 24.8. The molecule has 0 aliphatic heterocycles. The first-order valence-corrected chi connectivity index (χ1v) is 21.2. The third kappa shape index (κ3) is 19.3. The van der Waals surface area contributed by atoms with Crippen molar-refractivity contribution in [2.75, 3.05) is 49.4 Å². The normalized spacial score (nSPS) is 10.1. The van der Waals surface area contributed by atoms with Crippen molar-refractivity contribution >= 4 is 41.8 Å². The minimum atomic E-state index is -1.01. The van der Waals surface area contributed by atoms with Gasteiger partial charge in [0.25, 0.3) is 5.54 Å². The number of nitrogens with two attached hydrogens (primary N) is 2. The molecule has 66 heavy (non-hydrogen) atoms. The summed E-state index contributed by atoms with van der Waals surface area (Å²) < 4.78 is 11.2. The Morgan fingerprint density at radius 3 is 1.47 bits per heavy atom. The Morgan fingerprint density at radius 2 is 1.11 bits per heavy atom. The van der Waals surface area contributed by atoms with Crippen LogP contribution in [0.3, 0.4) is 0 Å². The van der Waals surface area contributed by atoms with E-state index in [0.717, 1.165) is 114 Å². The summed E-state index contributed by atoms with van der Waals surface area (Å²) >= 11 is 0. The number of ether oxygens (including phenoxy) is 2. The molecule has 0 aliphatic carbocycles. The number of nitrogens with one attached hydrogen (secondary N) is 2. The number of aromatic nitrogens is 4. The molecule has 0 aliphatic rings. The Bertz CT molecular complexity index is 2230. The van der Waals surface area contributed by atoms with Gasteiger partial charge in [0.15, 0.2) is 0 Å². The first-order valence-electron chi connectivity index (χ1n) is 21.2. The fourth-order valence-corrected chi connectivity index (χ4v) is 6.48. The Kier molecular flexibility index (Phi) is 30.8. The van der Waals surface area contributed by atoms with Gasteiger partial charge in [-0.25, -0.2) is 16.5 Å². The molecule has 2 aromatic carbocycles. The van der Waals surface area contributed by atoms with Crippen LogP contribution < -0.4 is 83.0 Å². The monoisotopic (exact) mass is 939 g/mol. The van der Waals surface area contributed by atoms with Crippen molar-refractivity contribution in [1.82, 2.24) is 19.9 Å². The number of anilines is 4. The third-order valence-electron chi connectivity index (χ3n) is 10.3. The van der Waals surface area contributed by atoms with E-state index in [1.807, 2.05) is 45.0 Å². The maximum Gasteiger partial charge on any atom is 1.00 e. The molecule has 2 heterocycles. The number of benzene rings is 2. The van der Waals surface area contributed by atoms with Gasteiger partial charge < -0.3 is 47.0 Å². The minimum absolute atomic E-state index is 0. The van der Waals surface area contributed by atoms with E-state index in [1.54, 1.807) is 34.1 Å². The molecule has 0 spiro atoms. The van der Waals surface area contributed by atoms with Crippen LogP contribution in [0.2, 0.25) is 0 Å². The predicted molar refractivity (Wildman–Crippen MR) is 247 cm³/mol. The van der Waals surface area contributed by atoms with E-state index in [-0.39, 0.29) is 81.1 Å². The molecule has 0 amide bonds. The molecule has 0 saturated carbocycles. The fourth-order valence-electron chi connectivity index (χ4n) is 6.48. The van der Waals surface area contributed by atoms with E-state index < -0.39 is 16.9 Å². The second kappa shape index (κ2) is 32.4. The molecule has 0 bridgehead atoms. The minimum Gasteiger partial charge on any atom is -0.870 e. The summed E-state index contributed by atoms with van der Waals surface area (Å²) in [5.74, 6) is 2.69. The number of aliphatic carboxylic acids is 1. The summed E-state index contributed by atoms with van der Waals surface area (Å²) in [4.78, 5) is 65.8. The van der Waals surface area contributed by atoms with Crippen LogP contribution in [0.15, 0.2) is 36.4 Å². The zero-order valence-electron chi connectivity index (χ0n) is 40.4. The number of hydrogen-bond acceptors (Lipinski definition) is 16. The number of carboxylic acids is 1. The van der Waals surface area contributed by atoms with Crippen LogP contribution in [0.4, 0.5) is 23.5 Å². The topological polar surface area (TPSA) is 286 Å². The first-order chi connectivity index (χ1) is 30.4. The number of carbonyl (C=O) groups excluding carboxylic acids is 4. The van der Waals surface area contributed by atoms with Crippen molar-refractivity contribution < 1.29 is 95.4 Å². The molecule has 2 aromatic heterocycles. The maximum absolute atomic E-state index is 11.7. The van der Waals surface area contributed by atoms with Gasteiger partial charge in [0, 0.05) is 56.5 Å². The van der Waals surface area contributed by atoms with Gasteiger partial charge in [0.1, 0.15) is 23.1 Å². The largest absolute Gasteiger partial charge is 1.00 e.